The lowest BCUT2D eigenvalue weighted by Crippen LogP contribution is -2.25. The van der Waals surface area contributed by atoms with Crippen molar-refractivity contribution in [2.24, 2.45) is 0 Å². The van der Waals surface area contributed by atoms with E-state index in [4.69, 9.17) is 49.0 Å². The van der Waals surface area contributed by atoms with Gasteiger partial charge in [-0.2, -0.15) is 0 Å². The number of nitrogens with zero attached hydrogens (tertiary/aromatic N) is 3. The maximum absolute atomic E-state index is 13.7. The lowest BCUT2D eigenvalue weighted by molar-refractivity contribution is 0.0946. The normalized spacial score (nSPS) is 12.4. The highest BCUT2D eigenvalue weighted by Crippen LogP contribution is 2.44. The van der Waals surface area contributed by atoms with E-state index in [0.29, 0.717) is 65.3 Å². The number of aromatic nitrogens is 3. The van der Waals surface area contributed by atoms with Crippen LogP contribution in [0.4, 0.5) is 11.4 Å². The zero-order valence-corrected chi connectivity index (χ0v) is 68.2. The fourth-order valence-corrected chi connectivity index (χ4v) is 18.3. The maximum Gasteiger partial charge on any atom is 0.524 e. The van der Waals surface area contributed by atoms with Gasteiger partial charge in [-0.15, -0.1) is 34.0 Å². The van der Waals surface area contributed by atoms with Crippen LogP contribution in [0.5, 0.6) is 23.0 Å². The first-order chi connectivity index (χ1) is 55.9. The molecule has 0 aliphatic heterocycles. The van der Waals surface area contributed by atoms with E-state index in [1.54, 1.807) is 67.8 Å². The topological polar surface area (TPSA) is 335 Å². The smallest absolute Gasteiger partial charge is 0.497 e. The van der Waals surface area contributed by atoms with Crippen molar-refractivity contribution in [3.05, 3.63) is 303 Å². The first-order valence-corrected chi connectivity index (χ1v) is 44.6. The van der Waals surface area contributed by atoms with Crippen molar-refractivity contribution in [3.63, 3.8) is 0 Å². The second-order valence-corrected chi connectivity index (χ2v) is 34.3. The average Bonchev–Trinajstić information content (AvgIpc) is 1.63. The molecule has 0 spiro atoms. The molecule has 0 saturated heterocycles. The second kappa shape index (κ2) is 38.3. The molecule has 0 atom stereocenters. The fraction of sp³-hybridized carbons (Fsp3) is 0.182. The van der Waals surface area contributed by atoms with Crippen LogP contribution in [0.2, 0.25) is 0 Å². The zero-order chi connectivity index (χ0) is 81.4. The molecule has 0 radical (unpaired) electrons. The summed E-state index contributed by atoms with van der Waals surface area (Å²) in [6.45, 7) is 2.76. The van der Waals surface area contributed by atoms with Gasteiger partial charge in [0.15, 0.2) is 0 Å². The minimum atomic E-state index is -4.65. The van der Waals surface area contributed by atoms with Gasteiger partial charge < -0.3 is 34.3 Å². The number of carbonyl (C=O) groups excluding carboxylic acids is 3. The molecule has 28 heteroatoms. The molecule has 116 heavy (non-hydrogen) atoms. The Balaban J connectivity index is 0.000000152. The van der Waals surface area contributed by atoms with Crippen LogP contribution >= 0.6 is 57.5 Å². The highest BCUT2D eigenvalue weighted by Gasteiger charge is 2.27. The third kappa shape index (κ3) is 22.6. The minimum absolute atomic E-state index is 0.0545. The number of thiazole rings is 3. The van der Waals surface area contributed by atoms with Crippen LogP contribution in [0.3, 0.4) is 0 Å². The number of carbonyl (C=O) groups is 3. The number of fused-ring (bicyclic) bond motifs is 3. The first-order valence-electron chi connectivity index (χ1n) is 37.6. The third-order valence-electron chi connectivity index (χ3n) is 19.2. The summed E-state index contributed by atoms with van der Waals surface area (Å²) < 4.78 is 52.6. The summed E-state index contributed by atoms with van der Waals surface area (Å²) in [6, 6.07) is 76.9. The molecule has 3 heterocycles. The number of anilines is 2. The molecule has 1 saturated carbocycles. The van der Waals surface area contributed by atoms with Crippen molar-refractivity contribution in [2.75, 3.05) is 24.3 Å². The van der Waals surface area contributed by atoms with E-state index in [9.17, 15) is 28.1 Å². The van der Waals surface area contributed by atoms with E-state index >= 15 is 0 Å². The molecule has 3 aromatic heterocycles. The Labute approximate surface area is 682 Å². The van der Waals surface area contributed by atoms with Crippen molar-refractivity contribution < 1.29 is 75.7 Å². The summed E-state index contributed by atoms with van der Waals surface area (Å²) >= 11 is 4.38. The van der Waals surface area contributed by atoms with E-state index in [1.165, 1.54) is 108 Å². The second-order valence-electron chi connectivity index (χ2n) is 27.6. The molecule has 1 aliphatic carbocycles. The predicted molar refractivity (Wildman–Crippen MR) is 459 cm³/mol. The quantitative estimate of drug-likeness (QED) is 0.0171. The Morgan fingerprint density at radius 1 is 0.405 bits per heavy atom. The standard InChI is InChI=1S/C33H31N2O5PS.C28H23N2O6PS.C27H29N2O5PS/c36-32(34-26-17-15-24(16-18-26)23-7-2-1-3-8-23)31-30(21-22-13-19-27(20-14-22)40-41(37,38)39)42-33(35-31)29-12-6-10-25-9-4-5-11-28(25)29;1-35-22-9-5-8-20(17-22)29-27(31)26-25(16-18-12-14-21(15-13-18)36-37(32,33)34)38-28(30-26)24-11-4-7-19-6-2-3-10-23(19)24;1-2-3-4-7-17-28-26(30)25-24(18-19-13-15-21(16-14-19)34-35(31,32)33)36-27(29-25)23-12-8-10-20-9-5-6-11-22(20)23/h4-6,9-20,23H,1-3,7-8,21H2,(H,34,36)(H2,37,38,39);2-15,17H,16H2,1H3,(H,29,31)(H2,32,33,34);5-6,8-16H,2-4,7,17-18H2,1H3,(H,28,30)(H2,31,32,33). The zero-order valence-electron chi connectivity index (χ0n) is 63.1. The van der Waals surface area contributed by atoms with Crippen molar-refractivity contribution in [1.82, 2.24) is 20.3 Å². The molecule has 0 bridgehead atoms. The van der Waals surface area contributed by atoms with Gasteiger partial charge in [-0.05, 0) is 140 Å². The van der Waals surface area contributed by atoms with E-state index in [1.807, 2.05) is 103 Å². The van der Waals surface area contributed by atoms with Gasteiger partial charge in [0.2, 0.25) is 0 Å². The number of phosphoric ester groups is 3. The molecule has 1 fully saturated rings. The Morgan fingerprint density at radius 3 is 1.16 bits per heavy atom. The molecular formula is C88H83N6O16P3S3. The number of amides is 3. The summed E-state index contributed by atoms with van der Waals surface area (Å²) in [5, 5.41) is 17.7. The Hall–Kier alpha value is -10.9. The van der Waals surface area contributed by atoms with E-state index in [-0.39, 0.29) is 35.0 Å². The average molecular weight is 1670 g/mol. The third-order valence-corrected chi connectivity index (χ3v) is 23.8. The number of rotatable bonds is 27. The molecule has 0 unspecified atom stereocenters. The number of hydrogen-bond acceptors (Lipinski definition) is 16. The van der Waals surface area contributed by atoms with Gasteiger partial charge in [0, 0.05) is 74.6 Å². The van der Waals surface area contributed by atoms with Gasteiger partial charge in [-0.1, -0.05) is 227 Å². The summed E-state index contributed by atoms with van der Waals surface area (Å²) in [6.07, 6.45) is 11.8. The molecule has 15 rings (SSSR count). The highest BCUT2D eigenvalue weighted by molar-refractivity contribution is 7.47. The van der Waals surface area contributed by atoms with Crippen molar-refractivity contribution in [3.8, 4) is 54.7 Å². The largest absolute Gasteiger partial charge is 0.524 e. The Morgan fingerprint density at radius 2 is 0.776 bits per heavy atom. The van der Waals surface area contributed by atoms with Gasteiger partial charge in [-0.25, -0.2) is 28.6 Å². The molecule has 11 aromatic carbocycles. The summed E-state index contributed by atoms with van der Waals surface area (Å²) in [7, 11) is -12.4. The van der Waals surface area contributed by atoms with Crippen LogP contribution in [0.15, 0.2) is 249 Å². The number of nitrogens with one attached hydrogen (secondary N) is 3. The lowest BCUT2D eigenvalue weighted by Gasteiger charge is -2.22. The van der Waals surface area contributed by atoms with E-state index in [2.05, 4.69) is 85.0 Å². The molecule has 22 nitrogen and oxygen atoms in total. The number of benzene rings is 11. The molecule has 1 aliphatic rings. The van der Waals surface area contributed by atoms with Crippen LogP contribution in [-0.4, -0.2) is 75.7 Å². The van der Waals surface area contributed by atoms with Gasteiger partial charge in [0.1, 0.15) is 55.1 Å². The molecule has 594 valence electrons. The molecule has 9 N–H and O–H groups in total. The predicted octanol–water partition coefficient (Wildman–Crippen LogP) is 20.9. The van der Waals surface area contributed by atoms with Crippen LogP contribution in [0.25, 0.3) is 64.0 Å². The SMILES string of the molecule is CCCCCCNC(=O)c1nc(-c2cccc3ccccc23)sc1Cc1ccc(OP(=O)(O)O)cc1.COc1cccc(NC(=O)c2nc(-c3cccc4ccccc34)sc2Cc2ccc(OP(=O)(O)O)cc2)c1.O=C(Nc1ccc(C2CCCCC2)cc1)c1nc(-c2cccc3ccccc23)sc1Cc1ccc(OP(=O)(O)O)cc1. The van der Waals surface area contributed by atoms with Crippen molar-refractivity contribution in [1.29, 1.82) is 0 Å². The number of phosphoric acid groups is 3. The highest BCUT2D eigenvalue weighted by atomic mass is 32.1. The van der Waals surface area contributed by atoms with Gasteiger partial charge in [-0.3, -0.25) is 43.7 Å². The summed E-state index contributed by atoms with van der Waals surface area (Å²) in [4.78, 5) is 111. The van der Waals surface area contributed by atoms with E-state index < -0.39 is 23.5 Å². The minimum Gasteiger partial charge on any atom is -0.497 e. The van der Waals surface area contributed by atoms with Crippen molar-refractivity contribution >= 4 is 119 Å². The number of methoxy groups -OCH3 is 1. The van der Waals surface area contributed by atoms with Crippen LogP contribution < -0.4 is 34.3 Å². The van der Waals surface area contributed by atoms with Crippen LogP contribution in [-0.2, 0) is 33.0 Å². The summed E-state index contributed by atoms with van der Waals surface area (Å²) in [5.74, 6) is 0.604. The molecule has 14 aromatic rings. The van der Waals surface area contributed by atoms with Crippen LogP contribution in [0, 0.1) is 0 Å². The number of ether oxygens (including phenoxy) is 1. The van der Waals surface area contributed by atoms with Crippen molar-refractivity contribution in [2.45, 2.75) is 89.9 Å². The van der Waals surface area contributed by atoms with Gasteiger partial charge in [0.25, 0.3) is 17.7 Å². The summed E-state index contributed by atoms with van der Waals surface area (Å²) in [5.41, 5.74) is 9.12. The van der Waals surface area contributed by atoms with E-state index in [0.717, 1.165) is 122 Å². The lowest BCUT2D eigenvalue weighted by atomic mass is 9.84. The van der Waals surface area contributed by atoms with Crippen LogP contribution in [0.1, 0.15) is 139 Å². The molecule has 3 amide bonds. The Bertz CT molecular complexity index is 5930. The monoisotopic (exact) mass is 1670 g/mol. The number of hydrogen-bond donors (Lipinski definition) is 9. The maximum atomic E-state index is 13.7. The fourth-order valence-electron chi connectivity index (χ4n) is 13.7. The first kappa shape index (κ1) is 83.1. The van der Waals surface area contributed by atoms with Gasteiger partial charge in [0.05, 0.1) is 7.11 Å². The Kier molecular flexibility index (Phi) is 27.4. The van der Waals surface area contributed by atoms with Gasteiger partial charge >= 0.3 is 23.5 Å². The number of unbranched alkanes of at least 4 members (excludes halogenated alkanes) is 3. The molecular weight excluding hydrogens is 1590 g/mol.